The smallest absolute Gasteiger partial charge is 0.251 e. The zero-order valence-electron chi connectivity index (χ0n) is 18.2. The molecule has 0 aliphatic heterocycles. The van der Waals surface area contributed by atoms with Crippen LogP contribution in [0.15, 0.2) is 48.5 Å². The van der Waals surface area contributed by atoms with Crippen molar-refractivity contribution < 1.29 is 19.1 Å². The summed E-state index contributed by atoms with van der Waals surface area (Å²) in [5.74, 6) is -0.602. The van der Waals surface area contributed by atoms with E-state index in [0.29, 0.717) is 35.7 Å². The Morgan fingerprint density at radius 3 is 2.39 bits per heavy atom. The van der Waals surface area contributed by atoms with Gasteiger partial charge >= 0.3 is 0 Å². The van der Waals surface area contributed by atoms with Gasteiger partial charge in [-0.25, -0.2) is 0 Å². The van der Waals surface area contributed by atoms with Crippen molar-refractivity contribution in [3.63, 3.8) is 0 Å². The molecule has 0 fully saturated rings. The van der Waals surface area contributed by atoms with Gasteiger partial charge < -0.3 is 26.0 Å². The van der Waals surface area contributed by atoms with Crippen LogP contribution < -0.4 is 21.3 Å². The Bertz CT molecular complexity index is 883. The average molecular weight is 427 g/mol. The largest absolute Gasteiger partial charge is 0.383 e. The molecule has 8 heteroatoms. The molecular formula is C23H30N4O4. The van der Waals surface area contributed by atoms with Crippen LogP contribution >= 0.6 is 0 Å². The molecule has 0 bridgehead atoms. The molecule has 3 amide bonds. The Morgan fingerprint density at radius 1 is 0.968 bits per heavy atom. The first-order valence-electron chi connectivity index (χ1n) is 10.2. The molecular weight excluding hydrogens is 396 g/mol. The maximum atomic E-state index is 12.3. The highest BCUT2D eigenvalue weighted by Crippen LogP contribution is 2.12. The minimum atomic E-state index is -0.249. The van der Waals surface area contributed by atoms with E-state index in [1.807, 2.05) is 13.8 Å². The van der Waals surface area contributed by atoms with Crippen LogP contribution in [-0.4, -0.2) is 50.6 Å². The summed E-state index contributed by atoms with van der Waals surface area (Å²) in [6.45, 7) is 4.88. The van der Waals surface area contributed by atoms with Crippen molar-refractivity contribution in [3.05, 3.63) is 59.7 Å². The number of carbonyl (C=O) groups excluding carboxylic acids is 3. The molecule has 2 rings (SSSR count). The van der Waals surface area contributed by atoms with E-state index in [1.54, 1.807) is 55.6 Å². The van der Waals surface area contributed by atoms with Gasteiger partial charge in [0.15, 0.2) is 0 Å². The number of ether oxygens (including phenoxy) is 1. The third-order valence-electron chi connectivity index (χ3n) is 4.59. The second kappa shape index (κ2) is 12.3. The molecule has 0 spiro atoms. The molecule has 0 radical (unpaired) electrons. The van der Waals surface area contributed by atoms with Gasteiger partial charge in [0.1, 0.15) is 0 Å². The molecule has 1 atom stereocenters. The van der Waals surface area contributed by atoms with E-state index in [1.165, 1.54) is 0 Å². The van der Waals surface area contributed by atoms with Gasteiger partial charge in [0.25, 0.3) is 11.8 Å². The first-order valence-corrected chi connectivity index (χ1v) is 10.2. The van der Waals surface area contributed by atoms with Crippen molar-refractivity contribution in [2.75, 3.05) is 37.4 Å². The molecule has 0 saturated carbocycles. The molecule has 2 aromatic carbocycles. The van der Waals surface area contributed by atoms with Gasteiger partial charge in [-0.15, -0.1) is 0 Å². The normalized spacial score (nSPS) is 11.3. The summed E-state index contributed by atoms with van der Waals surface area (Å²) in [6, 6.07) is 13.7. The van der Waals surface area contributed by atoms with Crippen LogP contribution in [0.4, 0.5) is 11.4 Å². The fourth-order valence-corrected chi connectivity index (χ4v) is 2.64. The van der Waals surface area contributed by atoms with Gasteiger partial charge in [0.05, 0.1) is 13.2 Å². The molecule has 8 nitrogen and oxygen atoms in total. The van der Waals surface area contributed by atoms with Crippen molar-refractivity contribution in [1.82, 2.24) is 10.6 Å². The van der Waals surface area contributed by atoms with E-state index >= 15 is 0 Å². The average Bonchev–Trinajstić information content (AvgIpc) is 2.78. The monoisotopic (exact) mass is 426 g/mol. The summed E-state index contributed by atoms with van der Waals surface area (Å²) in [7, 11) is 1.57. The van der Waals surface area contributed by atoms with Crippen molar-refractivity contribution in [2.45, 2.75) is 26.3 Å². The Kier molecular flexibility index (Phi) is 9.51. The zero-order valence-corrected chi connectivity index (χ0v) is 18.2. The van der Waals surface area contributed by atoms with Crippen LogP contribution in [0.3, 0.4) is 0 Å². The van der Waals surface area contributed by atoms with E-state index in [9.17, 15) is 14.4 Å². The number of benzene rings is 2. The zero-order chi connectivity index (χ0) is 22.6. The van der Waals surface area contributed by atoms with Crippen LogP contribution in [0.1, 0.15) is 41.0 Å². The van der Waals surface area contributed by atoms with E-state index in [2.05, 4.69) is 21.3 Å². The highest BCUT2D eigenvalue weighted by Gasteiger charge is 2.10. The van der Waals surface area contributed by atoms with Crippen LogP contribution in [0.2, 0.25) is 0 Å². The van der Waals surface area contributed by atoms with E-state index in [4.69, 9.17) is 4.74 Å². The highest BCUT2D eigenvalue weighted by molar-refractivity contribution is 5.98. The second-order valence-corrected chi connectivity index (χ2v) is 7.09. The summed E-state index contributed by atoms with van der Waals surface area (Å²) in [6.07, 6.45) is 0.841. The molecule has 31 heavy (non-hydrogen) atoms. The van der Waals surface area contributed by atoms with Crippen LogP contribution in [0.5, 0.6) is 0 Å². The fourth-order valence-electron chi connectivity index (χ4n) is 2.64. The van der Waals surface area contributed by atoms with Gasteiger partial charge in [-0.2, -0.15) is 0 Å². The summed E-state index contributed by atoms with van der Waals surface area (Å²) in [4.78, 5) is 36.5. The number of hydrogen-bond donors (Lipinski definition) is 4. The minimum Gasteiger partial charge on any atom is -0.383 e. The first-order chi connectivity index (χ1) is 14.9. The fraction of sp³-hybridized carbons (Fsp3) is 0.348. The lowest BCUT2D eigenvalue weighted by Crippen LogP contribution is -2.32. The predicted octanol–water partition coefficient (Wildman–Crippen LogP) is 2.64. The van der Waals surface area contributed by atoms with Gasteiger partial charge in [0, 0.05) is 42.2 Å². The summed E-state index contributed by atoms with van der Waals surface area (Å²) >= 11 is 0. The quantitative estimate of drug-likeness (QED) is 0.413. The molecule has 0 heterocycles. The van der Waals surface area contributed by atoms with Crippen molar-refractivity contribution in [1.29, 1.82) is 0 Å². The SMILES string of the molecule is CCC(C)NC(=O)c1cccc(NC(=O)CNc2ccc(C(=O)NCCOC)cc2)c1. The molecule has 2 aromatic rings. The van der Waals surface area contributed by atoms with Gasteiger partial charge in [-0.3, -0.25) is 14.4 Å². The number of carbonyl (C=O) groups is 3. The molecule has 166 valence electrons. The highest BCUT2D eigenvalue weighted by atomic mass is 16.5. The second-order valence-electron chi connectivity index (χ2n) is 7.09. The van der Waals surface area contributed by atoms with Crippen LogP contribution in [0, 0.1) is 0 Å². The molecule has 1 unspecified atom stereocenters. The lowest BCUT2D eigenvalue weighted by Gasteiger charge is -2.12. The lowest BCUT2D eigenvalue weighted by molar-refractivity contribution is -0.114. The summed E-state index contributed by atoms with van der Waals surface area (Å²) < 4.78 is 4.90. The Morgan fingerprint density at radius 2 is 1.71 bits per heavy atom. The van der Waals surface area contributed by atoms with Crippen molar-refractivity contribution >= 4 is 29.1 Å². The van der Waals surface area contributed by atoms with E-state index in [-0.39, 0.29) is 30.3 Å². The Labute approximate surface area is 182 Å². The molecule has 0 aromatic heterocycles. The number of methoxy groups -OCH3 is 1. The molecule has 0 saturated heterocycles. The van der Waals surface area contributed by atoms with Crippen molar-refractivity contribution in [2.24, 2.45) is 0 Å². The Hall–Kier alpha value is -3.39. The Balaban J connectivity index is 1.84. The number of nitrogens with one attached hydrogen (secondary N) is 4. The maximum Gasteiger partial charge on any atom is 0.251 e. The standard InChI is InChI=1S/C23H30N4O4/c1-4-16(2)26-23(30)18-6-5-7-20(14-18)27-21(28)15-25-19-10-8-17(9-11-19)22(29)24-12-13-31-3/h5-11,14,16,25H,4,12-13,15H2,1-3H3,(H,24,29)(H,26,30)(H,27,28). The predicted molar refractivity (Wildman–Crippen MR) is 121 cm³/mol. The van der Waals surface area contributed by atoms with Gasteiger partial charge in [-0.05, 0) is 55.8 Å². The van der Waals surface area contributed by atoms with Gasteiger partial charge in [0.2, 0.25) is 5.91 Å². The summed E-state index contributed by atoms with van der Waals surface area (Å²) in [5, 5.41) is 11.4. The first kappa shape index (κ1) is 23.9. The number of rotatable bonds is 11. The number of hydrogen-bond acceptors (Lipinski definition) is 5. The lowest BCUT2D eigenvalue weighted by atomic mass is 10.1. The molecule has 4 N–H and O–H groups in total. The number of amides is 3. The van der Waals surface area contributed by atoms with Crippen LogP contribution in [-0.2, 0) is 9.53 Å². The number of anilines is 2. The topological polar surface area (TPSA) is 109 Å². The molecule has 0 aliphatic carbocycles. The maximum absolute atomic E-state index is 12.3. The molecule has 0 aliphatic rings. The third-order valence-corrected chi connectivity index (χ3v) is 4.59. The van der Waals surface area contributed by atoms with E-state index in [0.717, 1.165) is 6.42 Å². The van der Waals surface area contributed by atoms with E-state index < -0.39 is 0 Å². The van der Waals surface area contributed by atoms with Crippen LogP contribution in [0.25, 0.3) is 0 Å². The minimum absolute atomic E-state index is 0.0443. The van der Waals surface area contributed by atoms with Crippen molar-refractivity contribution in [3.8, 4) is 0 Å². The summed E-state index contributed by atoms with van der Waals surface area (Å²) in [5.41, 5.74) is 2.28. The van der Waals surface area contributed by atoms with Gasteiger partial charge in [-0.1, -0.05) is 13.0 Å². The third kappa shape index (κ3) is 8.10.